The minimum atomic E-state index is -0.134. The lowest BCUT2D eigenvalue weighted by molar-refractivity contribution is -0.115. The van der Waals surface area contributed by atoms with Gasteiger partial charge in [0, 0.05) is 25.7 Å². The van der Waals surface area contributed by atoms with Crippen molar-refractivity contribution in [2.75, 3.05) is 13.2 Å². The molecule has 4 aromatic carbocycles. The zero-order chi connectivity index (χ0) is 42.1. The van der Waals surface area contributed by atoms with E-state index in [-0.39, 0.29) is 27.4 Å². The highest BCUT2D eigenvalue weighted by Gasteiger charge is 2.28. The number of phenols is 2. The van der Waals surface area contributed by atoms with Gasteiger partial charge in [0.1, 0.15) is 28.8 Å². The maximum Gasteiger partial charge on any atom is 0.126 e. The second-order valence-corrected chi connectivity index (χ2v) is 20.0. The van der Waals surface area contributed by atoms with Gasteiger partial charge in [0.25, 0.3) is 0 Å². The molecular formula is C51H70O5. The molecule has 0 spiro atoms. The van der Waals surface area contributed by atoms with Crippen LogP contribution in [-0.2, 0) is 52.1 Å². The van der Waals surface area contributed by atoms with E-state index in [2.05, 4.69) is 132 Å². The summed E-state index contributed by atoms with van der Waals surface area (Å²) in [7, 11) is 0. The predicted molar refractivity (Wildman–Crippen MR) is 234 cm³/mol. The summed E-state index contributed by atoms with van der Waals surface area (Å²) in [6, 6.07) is 17.8. The van der Waals surface area contributed by atoms with Gasteiger partial charge in [-0.15, -0.1) is 0 Å². The SMILES string of the molecule is CC(C)=O.CCOc1c2cc(C(C)(C)C)cc1Cc1cc(C(C)(C)C)cc(c1O)Cc1cc(C(C)(C)C)cc(c1OCC)Cc1cc(C(C)(C)C)cc(c1O)C2. The highest BCUT2D eigenvalue weighted by molar-refractivity contribution is 5.72. The molecular weight excluding hydrogens is 693 g/mol. The molecule has 0 aromatic heterocycles. The Hall–Kier alpha value is -4.25. The Morgan fingerprint density at radius 1 is 0.446 bits per heavy atom. The van der Waals surface area contributed by atoms with E-state index in [0.29, 0.717) is 50.4 Å². The van der Waals surface area contributed by atoms with Crippen LogP contribution in [-0.4, -0.2) is 29.2 Å². The average Bonchev–Trinajstić information content (AvgIpc) is 3.04. The number of ether oxygens (including phenoxy) is 2. The fourth-order valence-corrected chi connectivity index (χ4v) is 7.31. The van der Waals surface area contributed by atoms with Gasteiger partial charge < -0.3 is 24.5 Å². The van der Waals surface area contributed by atoms with Gasteiger partial charge in [-0.2, -0.15) is 0 Å². The molecule has 4 aromatic rings. The van der Waals surface area contributed by atoms with E-state index < -0.39 is 0 Å². The first-order valence-corrected chi connectivity index (χ1v) is 20.5. The monoisotopic (exact) mass is 763 g/mol. The second kappa shape index (κ2) is 16.7. The summed E-state index contributed by atoms with van der Waals surface area (Å²) < 4.78 is 13.1. The number of aromatic hydroxyl groups is 2. The first kappa shape index (κ1) is 44.5. The van der Waals surface area contributed by atoms with Gasteiger partial charge >= 0.3 is 0 Å². The van der Waals surface area contributed by atoms with Crippen molar-refractivity contribution in [2.24, 2.45) is 0 Å². The van der Waals surface area contributed by atoms with E-state index in [1.807, 2.05) is 13.8 Å². The number of rotatable bonds is 4. The molecule has 8 bridgehead atoms. The summed E-state index contributed by atoms with van der Waals surface area (Å²) in [6.45, 7) is 35.0. The number of hydrogen-bond acceptors (Lipinski definition) is 5. The van der Waals surface area contributed by atoms with Crippen LogP contribution in [0.5, 0.6) is 23.0 Å². The number of phenolic OH excluding ortho intramolecular Hbond substituents is 2. The molecule has 1 aliphatic rings. The quantitative estimate of drug-likeness (QED) is 0.191. The lowest BCUT2D eigenvalue weighted by Crippen LogP contribution is -2.16. The highest BCUT2D eigenvalue weighted by Crippen LogP contribution is 2.43. The van der Waals surface area contributed by atoms with Gasteiger partial charge in [0.05, 0.1) is 13.2 Å². The summed E-state index contributed by atoms with van der Waals surface area (Å²) in [5, 5.41) is 24.5. The molecule has 0 atom stereocenters. The van der Waals surface area contributed by atoms with Gasteiger partial charge in [-0.25, -0.2) is 0 Å². The predicted octanol–water partition coefficient (Wildman–Crippen LogP) is 12.4. The molecule has 0 fully saturated rings. The third-order valence-corrected chi connectivity index (χ3v) is 10.6. The number of hydrogen-bond donors (Lipinski definition) is 2. The summed E-state index contributed by atoms with van der Waals surface area (Å²) in [4.78, 5) is 9.44. The molecule has 0 aliphatic heterocycles. The number of carbonyl (C=O) groups is 1. The number of Topliss-reactive ketones (excluding diaryl/α,β-unsaturated/α-hetero) is 1. The first-order chi connectivity index (χ1) is 25.7. The Balaban J connectivity index is 0.00000166. The van der Waals surface area contributed by atoms with Crippen molar-refractivity contribution in [3.8, 4) is 23.0 Å². The summed E-state index contributed by atoms with van der Waals surface area (Å²) >= 11 is 0. The molecule has 0 heterocycles. The van der Waals surface area contributed by atoms with Crippen molar-refractivity contribution >= 4 is 5.78 Å². The van der Waals surface area contributed by atoms with E-state index in [4.69, 9.17) is 9.47 Å². The standard InChI is InChI=1S/C48H64O4.C3H6O/c1-15-51-43-33-17-29-21-37(45(3,4)5)23-31(41(29)49)19-35-27-40(48(12,13)14)28-36(44(35)52-16-2)20-32-24-38(46(6,7)8)22-30(42(32)50)18-34(43)26-39(25-33)47(9,10)11;1-3(2)4/h21-28,49-50H,15-20H2,1-14H3;1-2H3. The Morgan fingerprint density at radius 2 is 0.625 bits per heavy atom. The lowest BCUT2D eigenvalue weighted by atomic mass is 9.79. The number of carbonyl (C=O) groups excluding carboxylic acids is 1. The highest BCUT2D eigenvalue weighted by atomic mass is 16.5. The molecule has 0 radical (unpaired) electrons. The third kappa shape index (κ3) is 10.6. The van der Waals surface area contributed by atoms with Gasteiger partial charge in [0.2, 0.25) is 0 Å². The molecule has 0 unspecified atom stereocenters. The number of ketones is 1. The van der Waals surface area contributed by atoms with E-state index in [1.54, 1.807) is 0 Å². The fourth-order valence-electron chi connectivity index (χ4n) is 7.31. The number of benzene rings is 4. The smallest absolute Gasteiger partial charge is 0.126 e. The van der Waals surface area contributed by atoms with Gasteiger partial charge in [-0.3, -0.25) is 0 Å². The average molecular weight is 763 g/mol. The Morgan fingerprint density at radius 3 is 0.786 bits per heavy atom. The van der Waals surface area contributed by atoms with Crippen LogP contribution in [0, 0.1) is 0 Å². The molecule has 56 heavy (non-hydrogen) atoms. The Bertz CT molecular complexity index is 1810. The zero-order valence-corrected chi connectivity index (χ0v) is 37.5. The minimum absolute atomic E-state index is 0.126. The van der Waals surface area contributed by atoms with Crippen LogP contribution >= 0.6 is 0 Å². The molecule has 5 heteroatoms. The first-order valence-electron chi connectivity index (χ1n) is 20.5. The normalized spacial score (nSPS) is 13.4. The van der Waals surface area contributed by atoms with E-state index in [1.165, 1.54) is 36.1 Å². The molecule has 1 aliphatic carbocycles. The maximum absolute atomic E-state index is 12.2. The van der Waals surface area contributed by atoms with Crippen molar-refractivity contribution in [1.29, 1.82) is 0 Å². The largest absolute Gasteiger partial charge is 0.507 e. The van der Waals surface area contributed by atoms with Crippen molar-refractivity contribution in [2.45, 2.75) is 158 Å². The lowest BCUT2D eigenvalue weighted by Gasteiger charge is -2.28. The molecule has 0 saturated heterocycles. The fraction of sp³-hybridized carbons (Fsp3) is 0.510. The molecule has 0 saturated carbocycles. The Kier molecular flexibility index (Phi) is 13.3. The van der Waals surface area contributed by atoms with Crippen LogP contribution in [0.2, 0.25) is 0 Å². The molecule has 5 rings (SSSR count). The van der Waals surface area contributed by atoms with E-state index >= 15 is 0 Å². The van der Waals surface area contributed by atoms with Crippen LogP contribution in [0.15, 0.2) is 48.5 Å². The maximum atomic E-state index is 12.2. The van der Waals surface area contributed by atoms with Crippen LogP contribution in [0.25, 0.3) is 0 Å². The van der Waals surface area contributed by atoms with Crippen molar-refractivity contribution in [3.63, 3.8) is 0 Å². The van der Waals surface area contributed by atoms with Crippen molar-refractivity contribution in [3.05, 3.63) is 115 Å². The van der Waals surface area contributed by atoms with Crippen LogP contribution in [0.3, 0.4) is 0 Å². The van der Waals surface area contributed by atoms with Crippen LogP contribution in [0.1, 0.15) is 178 Å². The van der Waals surface area contributed by atoms with E-state index in [9.17, 15) is 15.0 Å². The second-order valence-electron chi connectivity index (χ2n) is 20.0. The minimum Gasteiger partial charge on any atom is -0.507 e. The third-order valence-electron chi connectivity index (χ3n) is 10.6. The zero-order valence-electron chi connectivity index (χ0n) is 37.5. The summed E-state index contributed by atoms with van der Waals surface area (Å²) in [5.41, 5.74) is 12.0. The molecule has 0 amide bonds. The number of fused-ring (bicyclic) bond motifs is 8. The summed E-state index contributed by atoms with van der Waals surface area (Å²) in [5.74, 6) is 2.50. The molecule has 2 N–H and O–H groups in total. The van der Waals surface area contributed by atoms with Crippen molar-refractivity contribution in [1.82, 2.24) is 0 Å². The van der Waals surface area contributed by atoms with Crippen molar-refractivity contribution < 1.29 is 24.5 Å². The van der Waals surface area contributed by atoms with Crippen LogP contribution < -0.4 is 9.47 Å². The topological polar surface area (TPSA) is 76.0 Å². The van der Waals surface area contributed by atoms with Gasteiger partial charge in [0.15, 0.2) is 0 Å². The molecule has 304 valence electrons. The van der Waals surface area contributed by atoms with Gasteiger partial charge in [-0.1, -0.05) is 132 Å². The van der Waals surface area contributed by atoms with Crippen LogP contribution in [0.4, 0.5) is 0 Å². The Labute approximate surface area is 338 Å². The van der Waals surface area contributed by atoms with Gasteiger partial charge in [-0.05, 0) is 116 Å². The van der Waals surface area contributed by atoms with E-state index in [0.717, 1.165) is 56.0 Å². The summed E-state index contributed by atoms with van der Waals surface area (Å²) in [6.07, 6.45) is 2.06. The molecule has 5 nitrogen and oxygen atoms in total.